The van der Waals surface area contributed by atoms with Crippen LogP contribution in [0.3, 0.4) is 0 Å². The number of fused-ring (bicyclic) bond motifs is 3. The molecule has 0 fully saturated rings. The minimum atomic E-state index is -2.19. The molecule has 0 amide bonds. The lowest BCUT2D eigenvalue weighted by molar-refractivity contribution is -0.660. The third-order valence-corrected chi connectivity index (χ3v) is 5.38. The molecule has 0 aliphatic carbocycles. The Kier molecular flexibility index (Phi) is 3.11. The van der Waals surface area contributed by atoms with Crippen molar-refractivity contribution in [2.45, 2.75) is 13.8 Å². The summed E-state index contributed by atoms with van der Waals surface area (Å²) in [6, 6.07) is 23.4. The van der Waals surface area contributed by atoms with Gasteiger partial charge in [0.15, 0.2) is 6.20 Å². The van der Waals surface area contributed by atoms with Crippen LogP contribution in [0.25, 0.3) is 44.3 Å². The third kappa shape index (κ3) is 2.53. The Morgan fingerprint density at radius 1 is 0.750 bits per heavy atom. The number of aryl methyl sites for hydroxylation is 3. The number of furan rings is 1. The monoisotopic (exact) mass is 367 g/mol. The fraction of sp³-hybridized carbons (Fsp3) is 0.115. The second-order valence-corrected chi connectivity index (χ2v) is 7.19. The smallest absolute Gasteiger partial charge is 0.220 e. The molecule has 0 N–H and O–H groups in total. The number of aromatic nitrogens is 1. The molecule has 0 bridgehead atoms. The summed E-state index contributed by atoms with van der Waals surface area (Å²) in [4.78, 5) is 0. The lowest BCUT2D eigenvalue weighted by atomic mass is 9.93. The van der Waals surface area contributed by atoms with Crippen LogP contribution in [0.1, 0.15) is 15.2 Å². The van der Waals surface area contributed by atoms with Gasteiger partial charge < -0.3 is 4.42 Å². The van der Waals surface area contributed by atoms with E-state index in [1.807, 2.05) is 60.3 Å². The van der Waals surface area contributed by atoms with Gasteiger partial charge in [0.25, 0.3) is 0 Å². The highest BCUT2D eigenvalue weighted by atomic mass is 16.3. The maximum Gasteiger partial charge on any atom is 0.220 e. The van der Waals surface area contributed by atoms with Crippen LogP contribution in [-0.4, -0.2) is 0 Å². The molecule has 0 radical (unpaired) electrons. The number of hydrogen-bond acceptors (Lipinski definition) is 1. The standard InChI is InChI=1S/C26H22NO/c1-17-9-4-5-10-19(17)21-12-8-14-27(3)26(21)22-16-25-23(15-18(22)2)20-11-6-7-13-24(20)28-25/h4-16H,1-3H3/q+1/i1D3. The first-order chi connectivity index (χ1) is 14.8. The van der Waals surface area contributed by atoms with E-state index >= 15 is 0 Å². The number of benzene rings is 3. The summed E-state index contributed by atoms with van der Waals surface area (Å²) < 4.78 is 32.2. The van der Waals surface area contributed by atoms with Gasteiger partial charge in [-0.15, -0.1) is 0 Å². The summed E-state index contributed by atoms with van der Waals surface area (Å²) in [7, 11) is 1.99. The van der Waals surface area contributed by atoms with Gasteiger partial charge in [-0.25, -0.2) is 4.57 Å². The van der Waals surface area contributed by atoms with Crippen molar-refractivity contribution in [1.82, 2.24) is 0 Å². The minimum absolute atomic E-state index is 0.352. The van der Waals surface area contributed by atoms with Gasteiger partial charge in [-0.1, -0.05) is 42.5 Å². The molecule has 0 saturated carbocycles. The number of rotatable bonds is 2. The van der Waals surface area contributed by atoms with E-state index in [4.69, 9.17) is 8.53 Å². The van der Waals surface area contributed by atoms with E-state index in [0.717, 1.165) is 49.9 Å². The Morgan fingerprint density at radius 2 is 1.54 bits per heavy atom. The molecule has 2 heteroatoms. The molecule has 2 aromatic heterocycles. The molecule has 0 aliphatic rings. The first-order valence-corrected chi connectivity index (χ1v) is 9.35. The van der Waals surface area contributed by atoms with Crippen molar-refractivity contribution in [3.8, 4) is 22.4 Å². The SMILES string of the molecule is [2H]C([2H])([2H])c1ccccc1-c1ccc[n+](C)c1-c1cc2oc3ccccc3c2cc1C. The van der Waals surface area contributed by atoms with Crippen molar-refractivity contribution < 1.29 is 13.1 Å². The Bertz CT molecular complexity index is 1450. The molecular weight excluding hydrogens is 342 g/mol. The van der Waals surface area contributed by atoms with Gasteiger partial charge in [-0.3, -0.25) is 0 Å². The maximum atomic E-state index is 8.02. The fourth-order valence-corrected chi connectivity index (χ4v) is 4.02. The summed E-state index contributed by atoms with van der Waals surface area (Å²) in [5, 5.41) is 2.18. The second kappa shape index (κ2) is 6.35. The van der Waals surface area contributed by atoms with Gasteiger partial charge in [0.05, 0.1) is 11.1 Å². The van der Waals surface area contributed by atoms with Crippen molar-refractivity contribution >= 4 is 21.9 Å². The van der Waals surface area contributed by atoms with Gasteiger partial charge in [0.2, 0.25) is 5.69 Å². The van der Waals surface area contributed by atoms with Crippen LogP contribution in [0.4, 0.5) is 0 Å². The van der Waals surface area contributed by atoms with Crippen LogP contribution >= 0.6 is 0 Å². The van der Waals surface area contributed by atoms with Crippen LogP contribution < -0.4 is 4.57 Å². The lowest BCUT2D eigenvalue weighted by Gasteiger charge is -2.12. The molecule has 3 aromatic carbocycles. The predicted octanol–water partition coefficient (Wildman–Crippen LogP) is 6.36. The van der Waals surface area contributed by atoms with E-state index in [0.29, 0.717) is 5.56 Å². The van der Waals surface area contributed by atoms with E-state index in [9.17, 15) is 0 Å². The quantitative estimate of drug-likeness (QED) is 0.332. The fourth-order valence-electron chi connectivity index (χ4n) is 4.02. The molecule has 5 aromatic rings. The Hall–Kier alpha value is -3.39. The van der Waals surface area contributed by atoms with E-state index < -0.39 is 6.85 Å². The molecule has 0 spiro atoms. The molecule has 0 unspecified atom stereocenters. The Morgan fingerprint density at radius 3 is 2.43 bits per heavy atom. The van der Waals surface area contributed by atoms with Crippen LogP contribution in [0.2, 0.25) is 0 Å². The van der Waals surface area contributed by atoms with E-state index in [2.05, 4.69) is 25.1 Å². The average molecular weight is 367 g/mol. The highest BCUT2D eigenvalue weighted by Crippen LogP contribution is 2.37. The first kappa shape index (κ1) is 13.7. The van der Waals surface area contributed by atoms with Gasteiger partial charge >= 0.3 is 0 Å². The van der Waals surface area contributed by atoms with Crippen molar-refractivity contribution in [1.29, 1.82) is 0 Å². The lowest BCUT2D eigenvalue weighted by Crippen LogP contribution is -2.31. The number of pyridine rings is 1. The third-order valence-electron chi connectivity index (χ3n) is 5.38. The normalized spacial score (nSPS) is 13.4. The van der Waals surface area contributed by atoms with E-state index in [-0.39, 0.29) is 0 Å². The van der Waals surface area contributed by atoms with Crippen molar-refractivity contribution in [2.75, 3.05) is 0 Å². The zero-order valence-electron chi connectivity index (χ0n) is 18.9. The van der Waals surface area contributed by atoms with Crippen LogP contribution in [-0.2, 0) is 7.05 Å². The van der Waals surface area contributed by atoms with Gasteiger partial charge in [0.1, 0.15) is 18.2 Å². The molecule has 0 atom stereocenters. The second-order valence-electron chi connectivity index (χ2n) is 7.19. The summed E-state index contributed by atoms with van der Waals surface area (Å²) in [5.41, 5.74) is 6.72. The van der Waals surface area contributed by atoms with Gasteiger partial charge in [0, 0.05) is 21.0 Å². The average Bonchev–Trinajstić information content (AvgIpc) is 3.10. The molecule has 0 saturated heterocycles. The summed E-state index contributed by atoms with van der Waals surface area (Å²) in [6.07, 6.45) is 1.99. The van der Waals surface area contributed by atoms with Crippen LogP contribution in [0.15, 0.2) is 83.4 Å². The van der Waals surface area contributed by atoms with Gasteiger partial charge in [-0.2, -0.15) is 0 Å². The first-order valence-electron chi connectivity index (χ1n) is 10.9. The maximum absolute atomic E-state index is 8.02. The molecular formula is C26H22NO+. The largest absolute Gasteiger partial charge is 0.456 e. The van der Waals surface area contributed by atoms with Crippen LogP contribution in [0, 0.1) is 13.8 Å². The van der Waals surface area contributed by atoms with Crippen LogP contribution in [0.5, 0.6) is 0 Å². The predicted molar refractivity (Wildman–Crippen MR) is 115 cm³/mol. The topological polar surface area (TPSA) is 17.0 Å². The van der Waals surface area contributed by atoms with Crippen molar-refractivity contribution in [2.24, 2.45) is 7.05 Å². The van der Waals surface area contributed by atoms with E-state index in [1.165, 1.54) is 0 Å². The van der Waals surface area contributed by atoms with Crippen molar-refractivity contribution in [3.05, 3.63) is 90.1 Å². The highest BCUT2D eigenvalue weighted by molar-refractivity contribution is 6.06. The molecule has 2 heterocycles. The number of hydrogen-bond donors (Lipinski definition) is 0. The summed E-state index contributed by atoms with van der Waals surface area (Å²) in [6.45, 7) is -0.108. The summed E-state index contributed by atoms with van der Waals surface area (Å²) >= 11 is 0. The minimum Gasteiger partial charge on any atom is -0.456 e. The Labute approximate surface area is 168 Å². The molecule has 0 aliphatic heterocycles. The van der Waals surface area contributed by atoms with Gasteiger partial charge in [-0.05, 0) is 54.7 Å². The number of para-hydroxylation sites is 1. The molecule has 5 rings (SSSR count). The van der Waals surface area contributed by atoms with Crippen molar-refractivity contribution in [3.63, 3.8) is 0 Å². The molecule has 136 valence electrons. The number of nitrogens with zero attached hydrogens (tertiary/aromatic N) is 1. The zero-order valence-corrected chi connectivity index (χ0v) is 15.9. The highest BCUT2D eigenvalue weighted by Gasteiger charge is 2.21. The zero-order chi connectivity index (χ0) is 21.8. The summed E-state index contributed by atoms with van der Waals surface area (Å²) in [5.74, 6) is 0. The van der Waals surface area contributed by atoms with E-state index in [1.54, 1.807) is 12.1 Å². The molecule has 2 nitrogen and oxygen atoms in total. The molecule has 28 heavy (non-hydrogen) atoms. The Balaban J connectivity index is 1.81.